The van der Waals surface area contributed by atoms with Gasteiger partial charge in [-0.1, -0.05) is 17.7 Å². The van der Waals surface area contributed by atoms with Gasteiger partial charge in [-0.15, -0.1) is 0 Å². The minimum Gasteiger partial charge on any atom is -0.493 e. The van der Waals surface area contributed by atoms with Crippen LogP contribution in [-0.2, 0) is 9.59 Å². The molecule has 0 unspecified atom stereocenters. The summed E-state index contributed by atoms with van der Waals surface area (Å²) in [5, 5.41) is 8.66. The molecule has 1 heterocycles. The van der Waals surface area contributed by atoms with Crippen LogP contribution in [0.3, 0.4) is 0 Å². The van der Waals surface area contributed by atoms with Gasteiger partial charge in [0.15, 0.2) is 0 Å². The lowest BCUT2D eigenvalue weighted by Crippen LogP contribution is -2.50. The second kappa shape index (κ2) is 6.61. The van der Waals surface area contributed by atoms with E-state index in [9.17, 15) is 9.59 Å². The predicted molar refractivity (Wildman–Crippen MR) is 78.4 cm³/mol. The van der Waals surface area contributed by atoms with Crippen LogP contribution in [-0.4, -0.2) is 41.6 Å². The number of aryl methyl sites for hydroxylation is 2. The highest BCUT2D eigenvalue weighted by molar-refractivity contribution is 5.77. The Bertz CT molecular complexity index is 535. The number of rotatable bonds is 6. The van der Waals surface area contributed by atoms with Gasteiger partial charge < -0.3 is 14.7 Å². The molecule has 5 heteroatoms. The zero-order valence-corrected chi connectivity index (χ0v) is 12.5. The van der Waals surface area contributed by atoms with Crippen molar-refractivity contribution in [3.05, 3.63) is 29.3 Å². The molecule has 1 aromatic rings. The van der Waals surface area contributed by atoms with E-state index in [0.29, 0.717) is 26.1 Å². The van der Waals surface area contributed by atoms with Gasteiger partial charge >= 0.3 is 5.97 Å². The van der Waals surface area contributed by atoms with Crippen LogP contribution in [0.4, 0.5) is 0 Å². The third-order valence-corrected chi connectivity index (χ3v) is 3.68. The second-order valence-electron chi connectivity index (χ2n) is 5.63. The molecule has 1 aromatic carbocycles. The minimum atomic E-state index is -0.801. The average Bonchev–Trinajstić information content (AvgIpc) is 2.35. The number of aliphatic carboxylic acids is 1. The van der Waals surface area contributed by atoms with Gasteiger partial charge in [0, 0.05) is 19.0 Å². The van der Waals surface area contributed by atoms with Gasteiger partial charge in [0.25, 0.3) is 0 Å². The Balaban J connectivity index is 1.69. The molecule has 114 valence electrons. The lowest BCUT2D eigenvalue weighted by atomic mass is 9.96. The maximum atomic E-state index is 11.9. The van der Waals surface area contributed by atoms with Gasteiger partial charge in [0.2, 0.25) is 5.91 Å². The van der Waals surface area contributed by atoms with Crippen molar-refractivity contribution in [2.24, 2.45) is 5.92 Å². The van der Waals surface area contributed by atoms with Crippen molar-refractivity contribution < 1.29 is 19.4 Å². The number of amides is 1. The fourth-order valence-corrected chi connectivity index (χ4v) is 2.52. The Morgan fingerprint density at radius 1 is 1.33 bits per heavy atom. The molecule has 0 aromatic heterocycles. The Kier molecular flexibility index (Phi) is 4.83. The average molecular weight is 291 g/mol. The topological polar surface area (TPSA) is 66.8 Å². The number of carbonyl (C=O) groups is 2. The molecular formula is C16H21NO4. The number of hydrogen-bond donors (Lipinski definition) is 1. The molecule has 1 aliphatic heterocycles. The lowest BCUT2D eigenvalue weighted by Gasteiger charge is -2.38. The van der Waals surface area contributed by atoms with E-state index in [0.717, 1.165) is 11.3 Å². The van der Waals surface area contributed by atoms with E-state index in [1.165, 1.54) is 5.56 Å². The molecule has 1 aliphatic rings. The smallest absolute Gasteiger partial charge is 0.303 e. The van der Waals surface area contributed by atoms with Gasteiger partial charge in [-0.25, -0.2) is 0 Å². The fourth-order valence-electron chi connectivity index (χ4n) is 2.52. The molecule has 1 amide bonds. The predicted octanol–water partition coefficient (Wildman–Crippen LogP) is 2.01. The molecular weight excluding hydrogens is 270 g/mol. The number of carbonyl (C=O) groups excluding carboxylic acids is 1. The van der Waals surface area contributed by atoms with E-state index in [1.54, 1.807) is 4.90 Å². The summed E-state index contributed by atoms with van der Waals surface area (Å²) in [5.74, 6) is 0.138. The summed E-state index contributed by atoms with van der Waals surface area (Å²) < 4.78 is 5.63. The normalized spacial score (nSPS) is 14.7. The molecule has 1 saturated heterocycles. The summed E-state index contributed by atoms with van der Waals surface area (Å²) in [5.41, 5.74) is 2.24. The van der Waals surface area contributed by atoms with Gasteiger partial charge in [-0.2, -0.15) is 0 Å². The molecule has 0 atom stereocenters. The van der Waals surface area contributed by atoms with Crippen LogP contribution in [0.15, 0.2) is 18.2 Å². The number of hydrogen-bond acceptors (Lipinski definition) is 3. The van der Waals surface area contributed by atoms with Gasteiger partial charge in [-0.05, 0) is 25.5 Å². The molecule has 0 bridgehead atoms. The Labute approximate surface area is 124 Å². The van der Waals surface area contributed by atoms with Crippen LogP contribution in [0.2, 0.25) is 0 Å². The van der Waals surface area contributed by atoms with Crippen molar-refractivity contribution in [2.45, 2.75) is 26.7 Å². The van der Waals surface area contributed by atoms with Crippen LogP contribution in [0.25, 0.3) is 0 Å². The van der Waals surface area contributed by atoms with Crippen LogP contribution >= 0.6 is 0 Å². The van der Waals surface area contributed by atoms with Crippen LogP contribution in [0, 0.1) is 19.8 Å². The van der Waals surface area contributed by atoms with Crippen molar-refractivity contribution in [1.29, 1.82) is 0 Å². The van der Waals surface area contributed by atoms with E-state index >= 15 is 0 Å². The molecule has 1 N–H and O–H groups in total. The van der Waals surface area contributed by atoms with E-state index in [4.69, 9.17) is 9.84 Å². The summed E-state index contributed by atoms with van der Waals surface area (Å²) in [7, 11) is 0. The van der Waals surface area contributed by atoms with Crippen LogP contribution in [0.5, 0.6) is 5.75 Å². The van der Waals surface area contributed by atoms with Crippen molar-refractivity contribution in [2.75, 3.05) is 19.7 Å². The summed E-state index contributed by atoms with van der Waals surface area (Å²) in [6, 6.07) is 5.95. The maximum absolute atomic E-state index is 11.9. The van der Waals surface area contributed by atoms with Crippen molar-refractivity contribution in [3.63, 3.8) is 0 Å². The Morgan fingerprint density at radius 3 is 2.67 bits per heavy atom. The molecule has 0 spiro atoms. The number of carboxylic acid groups (broad SMARTS) is 1. The molecule has 5 nitrogen and oxygen atoms in total. The fraction of sp³-hybridized carbons (Fsp3) is 0.500. The lowest BCUT2D eigenvalue weighted by molar-refractivity contribution is -0.145. The molecule has 2 rings (SSSR count). The molecule has 0 aliphatic carbocycles. The minimum absolute atomic E-state index is 0.0291. The number of ether oxygens (including phenoxy) is 1. The van der Waals surface area contributed by atoms with E-state index in [-0.39, 0.29) is 18.2 Å². The maximum Gasteiger partial charge on any atom is 0.303 e. The van der Waals surface area contributed by atoms with E-state index in [1.807, 2.05) is 32.0 Å². The first-order valence-corrected chi connectivity index (χ1v) is 7.15. The first-order chi connectivity index (χ1) is 9.95. The van der Waals surface area contributed by atoms with Crippen molar-refractivity contribution >= 4 is 11.9 Å². The monoisotopic (exact) mass is 291 g/mol. The molecule has 21 heavy (non-hydrogen) atoms. The van der Waals surface area contributed by atoms with Gasteiger partial charge in [-0.3, -0.25) is 9.59 Å². The largest absolute Gasteiger partial charge is 0.493 e. The summed E-state index contributed by atoms with van der Waals surface area (Å²) in [6.07, 6.45) is 0.468. The number of carboxylic acids is 1. The third-order valence-electron chi connectivity index (χ3n) is 3.68. The summed E-state index contributed by atoms with van der Waals surface area (Å²) >= 11 is 0. The third kappa shape index (κ3) is 4.21. The van der Waals surface area contributed by atoms with Gasteiger partial charge in [0.1, 0.15) is 5.75 Å². The SMILES string of the molecule is Cc1ccc(OCCC(=O)N2CC(CC(=O)O)C2)c(C)c1. The first kappa shape index (κ1) is 15.4. The molecule has 1 fully saturated rings. The Hall–Kier alpha value is -2.04. The number of likely N-dealkylation sites (tertiary alicyclic amines) is 1. The highest BCUT2D eigenvalue weighted by atomic mass is 16.5. The van der Waals surface area contributed by atoms with Crippen molar-refractivity contribution in [1.82, 2.24) is 4.90 Å². The van der Waals surface area contributed by atoms with Crippen LogP contribution in [0.1, 0.15) is 24.0 Å². The zero-order valence-electron chi connectivity index (χ0n) is 12.5. The molecule has 0 saturated carbocycles. The second-order valence-corrected chi connectivity index (χ2v) is 5.63. The summed E-state index contributed by atoms with van der Waals surface area (Å²) in [4.78, 5) is 24.1. The van der Waals surface area contributed by atoms with Crippen LogP contribution < -0.4 is 4.74 Å². The number of benzene rings is 1. The first-order valence-electron chi connectivity index (χ1n) is 7.15. The quantitative estimate of drug-likeness (QED) is 0.870. The van der Waals surface area contributed by atoms with E-state index in [2.05, 4.69) is 0 Å². The summed E-state index contributed by atoms with van der Waals surface area (Å²) in [6.45, 7) is 5.46. The van der Waals surface area contributed by atoms with Gasteiger partial charge in [0.05, 0.1) is 19.4 Å². The molecule has 0 radical (unpaired) electrons. The number of nitrogens with zero attached hydrogens (tertiary/aromatic N) is 1. The highest BCUT2D eigenvalue weighted by Crippen LogP contribution is 2.21. The van der Waals surface area contributed by atoms with Crippen molar-refractivity contribution in [3.8, 4) is 5.75 Å². The Morgan fingerprint density at radius 2 is 2.05 bits per heavy atom. The zero-order chi connectivity index (χ0) is 15.4. The van der Waals surface area contributed by atoms with E-state index < -0.39 is 5.97 Å². The highest BCUT2D eigenvalue weighted by Gasteiger charge is 2.31. The standard InChI is InChI=1S/C16H21NO4/c1-11-3-4-14(12(2)7-11)21-6-5-15(18)17-9-13(10-17)8-16(19)20/h3-4,7,13H,5-6,8-10H2,1-2H3,(H,19,20).